The predicted octanol–water partition coefficient (Wildman–Crippen LogP) is 2.50. The van der Waals surface area contributed by atoms with Gasteiger partial charge < -0.3 is 10.1 Å². The van der Waals surface area contributed by atoms with Gasteiger partial charge in [0.1, 0.15) is 0 Å². The van der Waals surface area contributed by atoms with Crippen molar-refractivity contribution in [2.45, 2.75) is 38.8 Å². The number of benzene rings is 1. The van der Waals surface area contributed by atoms with E-state index in [0.29, 0.717) is 18.0 Å². The topological polar surface area (TPSA) is 45.0 Å². The number of hydrogen-bond acceptors (Lipinski definition) is 3. The zero-order valence-electron chi connectivity index (χ0n) is 11.7. The molecule has 0 bridgehead atoms. The monoisotopic (exact) mass is 258 g/mol. The summed E-state index contributed by atoms with van der Waals surface area (Å²) in [7, 11) is 0. The Morgan fingerprint density at radius 1 is 1.37 bits per heavy atom. The van der Waals surface area contributed by atoms with Gasteiger partial charge in [0.15, 0.2) is 0 Å². The van der Waals surface area contributed by atoms with Crippen LogP contribution in [-0.4, -0.2) is 25.3 Å². The molecule has 3 nitrogen and oxygen atoms in total. The molecule has 1 heterocycles. The zero-order chi connectivity index (χ0) is 13.7. The first kappa shape index (κ1) is 14.0. The van der Waals surface area contributed by atoms with Crippen LogP contribution in [0.3, 0.4) is 0 Å². The van der Waals surface area contributed by atoms with E-state index in [1.165, 1.54) is 5.56 Å². The van der Waals surface area contributed by atoms with Crippen molar-refractivity contribution in [2.24, 2.45) is 5.92 Å². The second kappa shape index (κ2) is 6.70. The summed E-state index contributed by atoms with van der Waals surface area (Å²) < 4.78 is 5.62. The molecule has 1 saturated heterocycles. The van der Waals surface area contributed by atoms with E-state index in [1.54, 1.807) is 0 Å². The normalized spacial score (nSPS) is 23.3. The molecule has 1 aromatic rings. The molecule has 1 aromatic carbocycles. The SMILES string of the molecule is CC(C)N[C@H]1CCOC[C@H]1Cc1ccc(C#N)cc1. The summed E-state index contributed by atoms with van der Waals surface area (Å²) in [5.74, 6) is 0.518. The zero-order valence-corrected chi connectivity index (χ0v) is 11.7. The van der Waals surface area contributed by atoms with Crippen molar-refractivity contribution in [1.82, 2.24) is 5.32 Å². The largest absolute Gasteiger partial charge is 0.381 e. The van der Waals surface area contributed by atoms with E-state index in [2.05, 4.69) is 37.4 Å². The molecule has 19 heavy (non-hydrogen) atoms. The fraction of sp³-hybridized carbons (Fsp3) is 0.562. The number of rotatable bonds is 4. The van der Waals surface area contributed by atoms with Gasteiger partial charge in [-0.3, -0.25) is 0 Å². The summed E-state index contributed by atoms with van der Waals surface area (Å²) in [6.07, 6.45) is 2.09. The maximum absolute atomic E-state index is 8.81. The lowest BCUT2D eigenvalue weighted by atomic mass is 9.89. The predicted molar refractivity (Wildman–Crippen MR) is 75.8 cm³/mol. The van der Waals surface area contributed by atoms with E-state index in [0.717, 1.165) is 31.6 Å². The smallest absolute Gasteiger partial charge is 0.0991 e. The van der Waals surface area contributed by atoms with Gasteiger partial charge in [0.05, 0.1) is 18.2 Å². The number of nitriles is 1. The Morgan fingerprint density at radius 2 is 2.11 bits per heavy atom. The summed E-state index contributed by atoms with van der Waals surface area (Å²) in [5.41, 5.74) is 2.01. The molecule has 1 aliphatic heterocycles. The molecule has 2 atom stereocenters. The van der Waals surface area contributed by atoms with E-state index < -0.39 is 0 Å². The molecule has 1 N–H and O–H groups in total. The average molecular weight is 258 g/mol. The van der Waals surface area contributed by atoms with E-state index >= 15 is 0 Å². The van der Waals surface area contributed by atoms with Crippen LogP contribution < -0.4 is 5.32 Å². The van der Waals surface area contributed by atoms with Gasteiger partial charge in [-0.1, -0.05) is 26.0 Å². The van der Waals surface area contributed by atoms with Crippen LogP contribution in [0.4, 0.5) is 0 Å². The van der Waals surface area contributed by atoms with Crippen molar-refractivity contribution in [3.8, 4) is 6.07 Å². The first-order valence-electron chi connectivity index (χ1n) is 7.02. The van der Waals surface area contributed by atoms with Gasteiger partial charge in [0.2, 0.25) is 0 Å². The molecular formula is C16H22N2O. The average Bonchev–Trinajstić information content (AvgIpc) is 2.41. The fourth-order valence-corrected chi connectivity index (χ4v) is 2.66. The van der Waals surface area contributed by atoms with Gasteiger partial charge in [0, 0.05) is 24.6 Å². The maximum atomic E-state index is 8.81. The van der Waals surface area contributed by atoms with Crippen molar-refractivity contribution in [3.63, 3.8) is 0 Å². The van der Waals surface area contributed by atoms with Crippen LogP contribution in [0.2, 0.25) is 0 Å². The molecule has 3 heteroatoms. The Labute approximate surface area is 115 Å². The van der Waals surface area contributed by atoms with Crippen LogP contribution >= 0.6 is 0 Å². The highest BCUT2D eigenvalue weighted by Crippen LogP contribution is 2.20. The molecule has 0 spiro atoms. The number of nitrogens with zero attached hydrogens (tertiary/aromatic N) is 1. The Hall–Kier alpha value is -1.37. The molecule has 0 aliphatic carbocycles. The highest BCUT2D eigenvalue weighted by atomic mass is 16.5. The maximum Gasteiger partial charge on any atom is 0.0991 e. The summed E-state index contributed by atoms with van der Waals surface area (Å²) in [6.45, 7) is 6.06. The Bertz CT molecular complexity index is 433. The molecule has 0 aromatic heterocycles. The molecule has 0 radical (unpaired) electrons. The quantitative estimate of drug-likeness (QED) is 0.902. The lowest BCUT2D eigenvalue weighted by molar-refractivity contribution is 0.0300. The summed E-state index contributed by atoms with van der Waals surface area (Å²) in [6, 6.07) is 11.1. The van der Waals surface area contributed by atoms with Crippen LogP contribution in [0, 0.1) is 17.2 Å². The first-order chi connectivity index (χ1) is 9.19. The number of ether oxygens (including phenoxy) is 1. The Kier molecular flexibility index (Phi) is 4.95. The Morgan fingerprint density at radius 3 is 2.74 bits per heavy atom. The van der Waals surface area contributed by atoms with Gasteiger partial charge in [-0.25, -0.2) is 0 Å². The van der Waals surface area contributed by atoms with Crippen molar-refractivity contribution in [3.05, 3.63) is 35.4 Å². The number of nitrogens with one attached hydrogen (secondary N) is 1. The van der Waals surface area contributed by atoms with E-state index in [4.69, 9.17) is 10.00 Å². The molecule has 2 rings (SSSR count). The molecule has 0 unspecified atom stereocenters. The minimum Gasteiger partial charge on any atom is -0.381 e. The fourth-order valence-electron chi connectivity index (χ4n) is 2.66. The van der Waals surface area contributed by atoms with Crippen LogP contribution in [0.25, 0.3) is 0 Å². The van der Waals surface area contributed by atoms with Crippen molar-refractivity contribution in [2.75, 3.05) is 13.2 Å². The molecule has 0 amide bonds. The molecule has 0 saturated carbocycles. The molecule has 1 aliphatic rings. The molecular weight excluding hydrogens is 236 g/mol. The second-order valence-electron chi connectivity index (χ2n) is 5.56. The van der Waals surface area contributed by atoms with Gasteiger partial charge in [-0.2, -0.15) is 5.26 Å². The van der Waals surface area contributed by atoms with Crippen LogP contribution in [0.5, 0.6) is 0 Å². The highest BCUT2D eigenvalue weighted by molar-refractivity contribution is 5.31. The second-order valence-corrected chi connectivity index (χ2v) is 5.56. The third-order valence-electron chi connectivity index (χ3n) is 3.60. The van der Waals surface area contributed by atoms with Gasteiger partial charge in [-0.05, 0) is 30.5 Å². The summed E-state index contributed by atoms with van der Waals surface area (Å²) >= 11 is 0. The van der Waals surface area contributed by atoms with Crippen LogP contribution in [0.1, 0.15) is 31.4 Å². The van der Waals surface area contributed by atoms with Crippen molar-refractivity contribution in [1.29, 1.82) is 5.26 Å². The third-order valence-corrected chi connectivity index (χ3v) is 3.60. The van der Waals surface area contributed by atoms with E-state index in [-0.39, 0.29) is 0 Å². The minimum atomic E-state index is 0.506. The summed E-state index contributed by atoms with van der Waals surface area (Å²) in [4.78, 5) is 0. The minimum absolute atomic E-state index is 0.506. The number of hydrogen-bond donors (Lipinski definition) is 1. The lowest BCUT2D eigenvalue weighted by Gasteiger charge is -2.33. The van der Waals surface area contributed by atoms with Crippen molar-refractivity contribution < 1.29 is 4.74 Å². The molecule has 1 fully saturated rings. The highest BCUT2D eigenvalue weighted by Gasteiger charge is 2.26. The Balaban J connectivity index is 2.00. The van der Waals surface area contributed by atoms with Gasteiger partial charge in [-0.15, -0.1) is 0 Å². The van der Waals surface area contributed by atoms with Crippen LogP contribution in [0.15, 0.2) is 24.3 Å². The standard InChI is InChI=1S/C16H22N2O/c1-12(2)18-16-7-8-19-11-15(16)9-13-3-5-14(10-17)6-4-13/h3-6,12,15-16,18H,7-9,11H2,1-2H3/t15-,16+/m1/s1. The van der Waals surface area contributed by atoms with Crippen LogP contribution in [-0.2, 0) is 11.2 Å². The summed E-state index contributed by atoms with van der Waals surface area (Å²) in [5, 5.41) is 12.5. The van der Waals surface area contributed by atoms with Gasteiger partial charge >= 0.3 is 0 Å². The lowest BCUT2D eigenvalue weighted by Crippen LogP contribution is -2.46. The van der Waals surface area contributed by atoms with Crippen molar-refractivity contribution >= 4 is 0 Å². The first-order valence-corrected chi connectivity index (χ1v) is 7.02. The van der Waals surface area contributed by atoms with Gasteiger partial charge in [0.25, 0.3) is 0 Å². The van der Waals surface area contributed by atoms with E-state index in [1.807, 2.05) is 12.1 Å². The van der Waals surface area contributed by atoms with E-state index in [9.17, 15) is 0 Å². The third kappa shape index (κ3) is 4.05. The molecule has 102 valence electrons.